The molecule has 1 amide bonds. The van der Waals surface area contributed by atoms with Crippen molar-refractivity contribution in [3.63, 3.8) is 0 Å². The summed E-state index contributed by atoms with van der Waals surface area (Å²) in [7, 11) is 0. The molecule has 1 fully saturated rings. The van der Waals surface area contributed by atoms with Gasteiger partial charge in [-0.15, -0.1) is 0 Å². The monoisotopic (exact) mass is 322 g/mol. The number of nitrogens with one attached hydrogen (secondary N) is 1. The molecular weight excluding hydrogens is 295 g/mol. The molecule has 1 saturated heterocycles. The third-order valence-electron chi connectivity index (χ3n) is 4.28. The molecule has 1 aromatic carbocycles. The number of benzene rings is 1. The molecule has 1 aliphatic heterocycles. The van der Waals surface area contributed by atoms with E-state index in [0.717, 1.165) is 37.9 Å². The molecule has 0 atom stereocenters. The van der Waals surface area contributed by atoms with Gasteiger partial charge in [0.05, 0.1) is 0 Å². The van der Waals surface area contributed by atoms with E-state index in [-0.39, 0.29) is 17.6 Å². The highest BCUT2D eigenvalue weighted by molar-refractivity contribution is 5.78. The summed E-state index contributed by atoms with van der Waals surface area (Å²) < 4.78 is 18.9. The van der Waals surface area contributed by atoms with Crippen molar-refractivity contribution in [1.29, 1.82) is 0 Å². The number of amides is 1. The summed E-state index contributed by atoms with van der Waals surface area (Å²) in [5.74, 6) is 0.0765. The number of hydrogen-bond acceptors (Lipinski definition) is 3. The molecule has 0 unspecified atom stereocenters. The number of carbonyl (C=O) groups is 1. The molecule has 4 nitrogen and oxygen atoms in total. The van der Waals surface area contributed by atoms with Crippen LogP contribution in [0.25, 0.3) is 0 Å². The normalized spacial score (nSPS) is 16.4. The van der Waals surface area contributed by atoms with Gasteiger partial charge in [0.15, 0.2) is 0 Å². The van der Waals surface area contributed by atoms with Crippen LogP contribution in [0.3, 0.4) is 0 Å². The summed E-state index contributed by atoms with van der Waals surface area (Å²) in [6, 6.07) is 6.89. The number of nitrogens with zero attached hydrogens (tertiary/aromatic N) is 1. The van der Waals surface area contributed by atoms with E-state index in [0.29, 0.717) is 26.3 Å². The van der Waals surface area contributed by atoms with Gasteiger partial charge in [0.2, 0.25) is 5.91 Å². The van der Waals surface area contributed by atoms with E-state index in [9.17, 15) is 9.18 Å². The standard InChI is InChI=1S/C18H27FN2O2/c1-2-23-13-5-10-20-18(22)15-8-11-21(12-9-15)14-16-6-3-4-7-17(16)19/h3-4,6-7,15H,2,5,8-14H2,1H3,(H,20,22). The number of hydrogen-bond donors (Lipinski definition) is 1. The highest BCUT2D eigenvalue weighted by Gasteiger charge is 2.24. The quantitative estimate of drug-likeness (QED) is 0.748. The number of rotatable bonds is 8. The van der Waals surface area contributed by atoms with E-state index in [1.807, 2.05) is 19.1 Å². The minimum absolute atomic E-state index is 0.0824. The lowest BCUT2D eigenvalue weighted by atomic mass is 9.95. The first-order valence-corrected chi connectivity index (χ1v) is 8.52. The first-order valence-electron chi connectivity index (χ1n) is 8.52. The van der Waals surface area contributed by atoms with Crippen molar-refractivity contribution in [2.75, 3.05) is 32.8 Å². The Hall–Kier alpha value is -1.46. The molecule has 0 aromatic heterocycles. The minimum atomic E-state index is -0.151. The van der Waals surface area contributed by atoms with Gasteiger partial charge in [-0.3, -0.25) is 9.69 Å². The van der Waals surface area contributed by atoms with Crippen molar-refractivity contribution in [3.8, 4) is 0 Å². The maximum Gasteiger partial charge on any atom is 0.223 e. The highest BCUT2D eigenvalue weighted by Crippen LogP contribution is 2.20. The maximum atomic E-state index is 13.7. The van der Waals surface area contributed by atoms with Gasteiger partial charge >= 0.3 is 0 Å². The Morgan fingerprint density at radius 3 is 2.78 bits per heavy atom. The Morgan fingerprint density at radius 2 is 2.09 bits per heavy atom. The van der Waals surface area contributed by atoms with Gasteiger partial charge in [0.1, 0.15) is 5.82 Å². The second-order valence-corrected chi connectivity index (χ2v) is 5.98. The van der Waals surface area contributed by atoms with Crippen LogP contribution >= 0.6 is 0 Å². The number of likely N-dealkylation sites (tertiary alicyclic amines) is 1. The van der Waals surface area contributed by atoms with E-state index in [2.05, 4.69) is 10.2 Å². The lowest BCUT2D eigenvalue weighted by molar-refractivity contribution is -0.126. The predicted octanol–water partition coefficient (Wildman–Crippen LogP) is 2.58. The predicted molar refractivity (Wildman–Crippen MR) is 88.5 cm³/mol. The topological polar surface area (TPSA) is 41.6 Å². The molecule has 0 saturated carbocycles. The largest absolute Gasteiger partial charge is 0.382 e. The second kappa shape index (κ2) is 9.63. The molecule has 2 rings (SSSR count). The van der Waals surface area contributed by atoms with Crippen LogP contribution in [0.5, 0.6) is 0 Å². The average Bonchev–Trinajstić information content (AvgIpc) is 2.57. The third-order valence-corrected chi connectivity index (χ3v) is 4.28. The number of halogens is 1. The Labute approximate surface area is 138 Å². The van der Waals surface area contributed by atoms with Crippen molar-refractivity contribution in [2.45, 2.75) is 32.7 Å². The first-order chi connectivity index (χ1) is 11.2. The maximum absolute atomic E-state index is 13.7. The Morgan fingerprint density at radius 1 is 1.35 bits per heavy atom. The van der Waals surface area contributed by atoms with E-state index >= 15 is 0 Å². The molecule has 23 heavy (non-hydrogen) atoms. The van der Waals surface area contributed by atoms with Crippen LogP contribution in [0.15, 0.2) is 24.3 Å². The van der Waals surface area contributed by atoms with Crippen LogP contribution in [0.2, 0.25) is 0 Å². The number of ether oxygens (including phenoxy) is 1. The van der Waals surface area contributed by atoms with Crippen molar-refractivity contribution < 1.29 is 13.9 Å². The SMILES string of the molecule is CCOCCCNC(=O)C1CCN(Cc2ccccc2F)CC1. The van der Waals surface area contributed by atoms with Crippen molar-refractivity contribution in [3.05, 3.63) is 35.6 Å². The molecule has 1 heterocycles. The fourth-order valence-corrected chi connectivity index (χ4v) is 2.90. The van der Waals surface area contributed by atoms with Crippen molar-refractivity contribution >= 4 is 5.91 Å². The Balaban J connectivity index is 1.67. The molecular formula is C18H27FN2O2. The van der Waals surface area contributed by atoms with Crippen LogP contribution in [-0.2, 0) is 16.1 Å². The van der Waals surface area contributed by atoms with Crippen LogP contribution in [0.1, 0.15) is 31.7 Å². The lowest BCUT2D eigenvalue weighted by Gasteiger charge is -2.31. The molecule has 0 spiro atoms. The van der Waals surface area contributed by atoms with Gasteiger partial charge in [-0.05, 0) is 45.3 Å². The van der Waals surface area contributed by atoms with Gasteiger partial charge in [-0.25, -0.2) is 4.39 Å². The summed E-state index contributed by atoms with van der Waals surface area (Å²) in [5, 5.41) is 2.99. The molecule has 128 valence electrons. The molecule has 1 N–H and O–H groups in total. The zero-order valence-corrected chi connectivity index (χ0v) is 13.9. The Bertz CT molecular complexity index is 488. The van der Waals surface area contributed by atoms with Gasteiger partial charge in [-0.1, -0.05) is 18.2 Å². The summed E-state index contributed by atoms with van der Waals surface area (Å²) in [6.07, 6.45) is 2.53. The van der Waals surface area contributed by atoms with Gasteiger partial charge in [0, 0.05) is 37.8 Å². The lowest BCUT2D eigenvalue weighted by Crippen LogP contribution is -2.40. The van der Waals surface area contributed by atoms with Gasteiger partial charge in [-0.2, -0.15) is 0 Å². The Kier molecular flexibility index (Phi) is 7.49. The molecule has 1 aliphatic rings. The minimum Gasteiger partial charge on any atom is -0.382 e. The fraction of sp³-hybridized carbons (Fsp3) is 0.611. The molecule has 5 heteroatoms. The highest BCUT2D eigenvalue weighted by atomic mass is 19.1. The molecule has 1 aromatic rings. The van der Waals surface area contributed by atoms with E-state index < -0.39 is 0 Å². The van der Waals surface area contributed by atoms with Crippen LogP contribution in [-0.4, -0.2) is 43.7 Å². The van der Waals surface area contributed by atoms with Gasteiger partial charge < -0.3 is 10.1 Å². The number of carbonyl (C=O) groups excluding carboxylic acids is 1. The van der Waals surface area contributed by atoms with Crippen molar-refractivity contribution in [2.24, 2.45) is 5.92 Å². The van der Waals surface area contributed by atoms with E-state index in [4.69, 9.17) is 4.74 Å². The zero-order valence-electron chi connectivity index (χ0n) is 13.9. The van der Waals surface area contributed by atoms with E-state index in [1.165, 1.54) is 6.07 Å². The zero-order chi connectivity index (χ0) is 16.5. The average molecular weight is 322 g/mol. The summed E-state index contributed by atoms with van der Waals surface area (Å²) in [4.78, 5) is 14.3. The number of piperidine rings is 1. The summed E-state index contributed by atoms with van der Waals surface area (Å²) >= 11 is 0. The van der Waals surface area contributed by atoms with Gasteiger partial charge in [0.25, 0.3) is 0 Å². The first kappa shape index (κ1) is 17.9. The van der Waals surface area contributed by atoms with Crippen LogP contribution < -0.4 is 5.32 Å². The van der Waals surface area contributed by atoms with Crippen LogP contribution in [0, 0.1) is 11.7 Å². The fourth-order valence-electron chi connectivity index (χ4n) is 2.90. The summed E-state index contributed by atoms with van der Waals surface area (Å²) in [6.45, 7) is 6.35. The molecule has 0 radical (unpaired) electrons. The summed E-state index contributed by atoms with van der Waals surface area (Å²) in [5.41, 5.74) is 0.728. The van der Waals surface area contributed by atoms with Crippen LogP contribution in [0.4, 0.5) is 4.39 Å². The third kappa shape index (κ3) is 5.92. The van der Waals surface area contributed by atoms with E-state index in [1.54, 1.807) is 6.07 Å². The second-order valence-electron chi connectivity index (χ2n) is 5.98. The smallest absolute Gasteiger partial charge is 0.223 e. The molecule has 0 aliphatic carbocycles. The van der Waals surface area contributed by atoms with Crippen molar-refractivity contribution in [1.82, 2.24) is 10.2 Å². The molecule has 0 bridgehead atoms.